The predicted molar refractivity (Wildman–Crippen MR) is 160 cm³/mol. The van der Waals surface area contributed by atoms with Crippen LogP contribution in [0.15, 0.2) is 30.3 Å². The van der Waals surface area contributed by atoms with Gasteiger partial charge in [0.15, 0.2) is 0 Å². The van der Waals surface area contributed by atoms with Gasteiger partial charge in [0.05, 0.1) is 0 Å². The van der Waals surface area contributed by atoms with Crippen molar-refractivity contribution in [2.75, 3.05) is 17.3 Å². The molecule has 0 N–H and O–H groups in total. The molecule has 0 atom stereocenters. The number of nitrogens with zero attached hydrogens (tertiary/aromatic N) is 1. The van der Waals surface area contributed by atoms with Gasteiger partial charge >= 0.3 is 202 Å². The summed E-state index contributed by atoms with van der Waals surface area (Å²) >= 11 is 3.23. The Hall–Kier alpha value is 1.16. The molecule has 0 fully saturated rings. The molecule has 0 saturated heterocycles. The van der Waals surface area contributed by atoms with Crippen LogP contribution in [-0.4, -0.2) is 54.7 Å². The summed E-state index contributed by atoms with van der Waals surface area (Å²) in [5, 5.41) is 1.36. The molecule has 0 aliphatic carbocycles. The molecule has 0 unspecified atom stereocenters. The van der Waals surface area contributed by atoms with E-state index in [9.17, 15) is 0 Å². The fourth-order valence-corrected chi connectivity index (χ4v) is 143. The van der Waals surface area contributed by atoms with Gasteiger partial charge in [0.25, 0.3) is 0 Å². The van der Waals surface area contributed by atoms with Crippen molar-refractivity contribution in [1.29, 1.82) is 0 Å². The summed E-state index contributed by atoms with van der Waals surface area (Å²) in [4.78, 5) is 2.66. The zero-order valence-electron chi connectivity index (χ0n) is 21.6. The minimum atomic E-state index is -2.35. The second-order valence-corrected chi connectivity index (χ2v) is 58.1. The van der Waals surface area contributed by atoms with Gasteiger partial charge in [-0.05, 0) is 0 Å². The van der Waals surface area contributed by atoms with E-state index >= 15 is 0 Å². The summed E-state index contributed by atoms with van der Waals surface area (Å²) in [7, 11) is -5.13. The van der Waals surface area contributed by atoms with Crippen molar-refractivity contribution in [3.63, 3.8) is 0 Å². The third-order valence-corrected chi connectivity index (χ3v) is 82.4. The van der Waals surface area contributed by atoms with Gasteiger partial charge in [-0.15, -0.1) is 0 Å². The summed E-state index contributed by atoms with van der Waals surface area (Å²) in [5.41, 5.74) is 1.41. The van der Waals surface area contributed by atoms with Gasteiger partial charge in [-0.3, -0.25) is 0 Å². The monoisotopic (exact) mass is 639 g/mol. The number of para-hydroxylation sites is 1. The van der Waals surface area contributed by atoms with Crippen molar-refractivity contribution in [2.45, 2.75) is 86.6 Å². The van der Waals surface area contributed by atoms with Crippen molar-refractivity contribution < 1.29 is 0 Å². The molecule has 0 heterocycles. The standard InChI is InChI=1S/C22H48GeINSi4/c1-25(20-17-15-14-16-18-20)19-23(24,21(26(2,3)4)27(5,6)7)22(28(8,9)10)29(11,12)13/h14-18,21-22H,19H2,1-13H3. The predicted octanol–water partition coefficient (Wildman–Crippen LogP) is 8.29. The molecule has 0 aliphatic rings. The Bertz CT molecular complexity index is 597. The van der Waals surface area contributed by atoms with Crippen LogP contribution in [0.2, 0.25) is 86.6 Å². The van der Waals surface area contributed by atoms with Gasteiger partial charge in [-0.1, -0.05) is 0 Å². The van der Waals surface area contributed by atoms with Crippen molar-refractivity contribution in [3.05, 3.63) is 30.3 Å². The van der Waals surface area contributed by atoms with E-state index in [1.54, 1.807) is 0 Å². The SMILES string of the molecule is CN([CH2][Ge]([I])([CH]([Si](C)(C)C)[Si](C)(C)C)[CH]([Si](C)(C)C)[Si](C)(C)C)c1ccccc1. The van der Waals surface area contributed by atoms with Crippen molar-refractivity contribution in [2.24, 2.45) is 0 Å². The number of hydrogen-bond acceptors (Lipinski definition) is 1. The Balaban J connectivity index is 3.75. The summed E-state index contributed by atoms with van der Waals surface area (Å²) in [6.45, 7) is 32.4. The molecular weight excluding hydrogens is 590 g/mol. The van der Waals surface area contributed by atoms with Crippen LogP contribution in [0, 0.1) is 0 Å². The molecule has 0 aliphatic heterocycles. The minimum absolute atomic E-state index is 1.07. The molecule has 168 valence electrons. The maximum absolute atomic E-state index is 3.23. The number of benzene rings is 1. The fraction of sp³-hybridized carbons (Fsp3) is 0.727. The Kier molecular flexibility index (Phi) is 9.30. The van der Waals surface area contributed by atoms with Crippen LogP contribution < -0.4 is 4.90 Å². The summed E-state index contributed by atoms with van der Waals surface area (Å²) in [5.74, 6) is 0. The second-order valence-electron chi connectivity index (χ2n) is 13.4. The van der Waals surface area contributed by atoms with E-state index in [1.807, 2.05) is 0 Å². The molecule has 0 spiro atoms. The third kappa shape index (κ3) is 7.33. The molecule has 1 aromatic carbocycles. The van der Waals surface area contributed by atoms with Gasteiger partial charge in [0, 0.05) is 0 Å². The molecule has 29 heavy (non-hydrogen) atoms. The average molecular weight is 638 g/mol. The number of halogens is 1. The van der Waals surface area contributed by atoms with Crippen LogP contribution >= 0.6 is 20.2 Å². The van der Waals surface area contributed by atoms with Gasteiger partial charge in [0.2, 0.25) is 0 Å². The quantitative estimate of drug-likeness (QED) is 0.194. The van der Waals surface area contributed by atoms with Crippen molar-refractivity contribution >= 4 is 68.2 Å². The number of anilines is 1. The molecular formula is C22H48GeINSi4. The van der Waals surface area contributed by atoms with E-state index in [2.05, 4.69) is 141 Å². The molecule has 0 saturated carbocycles. The first-order valence-corrected chi connectivity index (χ1v) is 35.8. The Morgan fingerprint density at radius 3 is 1.28 bits per heavy atom. The summed E-state index contributed by atoms with van der Waals surface area (Å²) in [6.07, 6.45) is 0. The van der Waals surface area contributed by atoms with E-state index in [0.717, 1.165) is 7.99 Å². The first-order valence-electron chi connectivity index (χ1n) is 11.2. The topological polar surface area (TPSA) is 3.24 Å². The normalized spacial score (nSPS) is 14.6. The zero-order chi connectivity index (χ0) is 23.1. The average Bonchev–Trinajstić information content (AvgIpc) is 2.40. The van der Waals surface area contributed by atoms with Crippen LogP contribution in [0.1, 0.15) is 0 Å². The van der Waals surface area contributed by atoms with Gasteiger partial charge < -0.3 is 0 Å². The fourth-order valence-electron chi connectivity index (χ4n) is 6.96. The molecule has 7 heteroatoms. The third-order valence-electron chi connectivity index (χ3n) is 6.10. The van der Waals surface area contributed by atoms with Crippen molar-refractivity contribution in [3.8, 4) is 0 Å². The van der Waals surface area contributed by atoms with Crippen LogP contribution in [0.25, 0.3) is 0 Å². The number of rotatable bonds is 9. The molecule has 1 nitrogen and oxygen atoms in total. The van der Waals surface area contributed by atoms with Crippen LogP contribution in [-0.2, 0) is 0 Å². The Labute approximate surface area is 200 Å². The van der Waals surface area contributed by atoms with E-state index in [4.69, 9.17) is 0 Å². The van der Waals surface area contributed by atoms with Crippen LogP contribution in [0.3, 0.4) is 0 Å². The van der Waals surface area contributed by atoms with Gasteiger partial charge in [-0.2, -0.15) is 0 Å². The molecule has 0 bridgehead atoms. The number of hydrogen-bond donors (Lipinski definition) is 0. The van der Waals surface area contributed by atoms with E-state index < -0.39 is 42.3 Å². The second kappa shape index (κ2) is 9.57. The summed E-state index contributed by atoms with van der Waals surface area (Å²) < 4.78 is 2.15. The Morgan fingerprint density at radius 2 is 1.00 bits per heavy atom. The zero-order valence-corrected chi connectivity index (χ0v) is 29.8. The van der Waals surface area contributed by atoms with E-state index in [-0.39, 0.29) is 0 Å². The van der Waals surface area contributed by atoms with Crippen LogP contribution in [0.5, 0.6) is 0 Å². The summed E-state index contributed by atoms with van der Waals surface area (Å²) in [6, 6.07) is 11.2. The Morgan fingerprint density at radius 1 is 0.690 bits per heavy atom. The first-order chi connectivity index (χ1) is 12.7. The maximum atomic E-state index is 3.23. The van der Waals surface area contributed by atoms with E-state index in [1.165, 1.54) is 11.1 Å². The van der Waals surface area contributed by atoms with Gasteiger partial charge in [0.1, 0.15) is 0 Å². The molecule has 1 aromatic rings. The molecule has 0 radical (unpaired) electrons. The van der Waals surface area contributed by atoms with Gasteiger partial charge in [-0.25, -0.2) is 0 Å². The van der Waals surface area contributed by atoms with Crippen molar-refractivity contribution in [1.82, 2.24) is 0 Å². The first kappa shape index (κ1) is 28.2. The molecule has 0 aromatic heterocycles. The van der Waals surface area contributed by atoms with Crippen LogP contribution in [0.4, 0.5) is 5.69 Å². The van der Waals surface area contributed by atoms with E-state index in [0.29, 0.717) is 0 Å². The molecule has 1 rings (SSSR count). The molecule has 0 amide bonds.